The van der Waals surface area contributed by atoms with Gasteiger partial charge >= 0.3 is 0 Å². The van der Waals surface area contributed by atoms with Crippen molar-refractivity contribution in [2.75, 3.05) is 6.54 Å². The second-order valence-corrected chi connectivity index (χ2v) is 8.10. The molecule has 1 amide bonds. The Bertz CT molecular complexity index is 629. The molecule has 1 N–H and O–H groups in total. The van der Waals surface area contributed by atoms with E-state index in [1.54, 1.807) is 0 Å². The molecule has 1 aliphatic carbocycles. The van der Waals surface area contributed by atoms with Gasteiger partial charge in [-0.15, -0.1) is 0 Å². The Hall–Kier alpha value is -0.300. The number of amides is 1. The van der Waals surface area contributed by atoms with Gasteiger partial charge in [0.15, 0.2) is 0 Å². The molecule has 0 unspecified atom stereocenters. The molecule has 8 heteroatoms. The average Bonchev–Trinajstić information content (AvgIpc) is 3.11. The van der Waals surface area contributed by atoms with Crippen LogP contribution in [0.5, 0.6) is 0 Å². The first kappa shape index (κ1) is 15.1. The number of hydrogen-bond donors (Lipinski definition) is 1. The Morgan fingerprint density at radius 3 is 2.58 bits per heavy atom. The molecule has 0 heterocycles. The van der Waals surface area contributed by atoms with E-state index in [0.29, 0.717) is 12.5 Å². The van der Waals surface area contributed by atoms with E-state index >= 15 is 0 Å². The van der Waals surface area contributed by atoms with Crippen LogP contribution in [0.4, 0.5) is 0 Å². The molecule has 0 bridgehead atoms. The molecule has 0 aliphatic heterocycles. The predicted octanol–water partition coefficient (Wildman–Crippen LogP) is 3.17. The van der Waals surface area contributed by atoms with Crippen molar-refractivity contribution in [3.63, 3.8) is 0 Å². The Morgan fingerprint density at radius 1 is 1.42 bits per heavy atom. The number of hydrogen-bond acceptors (Lipinski definition) is 3. The lowest BCUT2D eigenvalue weighted by molar-refractivity contribution is 0.0951. The lowest BCUT2D eigenvalue weighted by Crippen LogP contribution is -2.25. The van der Waals surface area contributed by atoms with Gasteiger partial charge in [0.25, 0.3) is 15.0 Å². The number of carbonyl (C=O) groups excluding carboxylic acids is 1. The summed E-state index contributed by atoms with van der Waals surface area (Å²) in [6.07, 6.45) is 2.23. The van der Waals surface area contributed by atoms with E-state index in [9.17, 15) is 13.2 Å². The number of benzene rings is 1. The lowest BCUT2D eigenvalue weighted by Gasteiger charge is -2.08. The SMILES string of the molecule is O=C(NCC1CC1)c1cc(Cl)c(Br)c(S(=O)(=O)Cl)c1. The summed E-state index contributed by atoms with van der Waals surface area (Å²) in [7, 11) is 1.33. The van der Waals surface area contributed by atoms with Gasteiger partial charge in [-0.05, 0) is 46.8 Å². The summed E-state index contributed by atoms with van der Waals surface area (Å²) in [5.41, 5.74) is 0.174. The number of nitrogens with one attached hydrogen (secondary N) is 1. The van der Waals surface area contributed by atoms with Crippen molar-refractivity contribution in [1.82, 2.24) is 5.32 Å². The summed E-state index contributed by atoms with van der Waals surface area (Å²) in [4.78, 5) is 11.7. The molecule has 0 radical (unpaired) electrons. The van der Waals surface area contributed by atoms with Gasteiger partial charge in [0, 0.05) is 22.8 Å². The number of halogens is 3. The first-order valence-corrected chi connectivity index (χ1v) is 8.99. The monoisotopic (exact) mass is 385 g/mol. The lowest BCUT2D eigenvalue weighted by atomic mass is 10.2. The van der Waals surface area contributed by atoms with E-state index in [2.05, 4.69) is 21.2 Å². The summed E-state index contributed by atoms with van der Waals surface area (Å²) >= 11 is 8.94. The van der Waals surface area contributed by atoms with Crippen LogP contribution in [0.15, 0.2) is 21.5 Å². The molecule has 0 saturated heterocycles. The first-order chi connectivity index (χ1) is 8.79. The maximum absolute atomic E-state index is 11.9. The van der Waals surface area contributed by atoms with Crippen molar-refractivity contribution in [1.29, 1.82) is 0 Å². The van der Waals surface area contributed by atoms with Crippen molar-refractivity contribution >= 4 is 53.2 Å². The normalized spacial score (nSPS) is 15.3. The summed E-state index contributed by atoms with van der Waals surface area (Å²) in [6.45, 7) is 0.593. The maximum Gasteiger partial charge on any atom is 0.262 e. The molecule has 1 aromatic carbocycles. The van der Waals surface area contributed by atoms with Crippen molar-refractivity contribution in [3.05, 3.63) is 27.2 Å². The minimum atomic E-state index is -3.97. The molecule has 104 valence electrons. The van der Waals surface area contributed by atoms with Gasteiger partial charge < -0.3 is 5.32 Å². The Kier molecular flexibility index (Phi) is 4.45. The van der Waals surface area contributed by atoms with E-state index in [0.717, 1.165) is 12.8 Å². The third-order valence-electron chi connectivity index (χ3n) is 2.77. The molecule has 2 rings (SSSR count). The van der Waals surface area contributed by atoms with Crippen LogP contribution in [0, 0.1) is 5.92 Å². The molecule has 1 aliphatic rings. The molecule has 1 saturated carbocycles. The van der Waals surface area contributed by atoms with Crippen LogP contribution in [-0.2, 0) is 9.05 Å². The van der Waals surface area contributed by atoms with E-state index in [4.69, 9.17) is 22.3 Å². The van der Waals surface area contributed by atoms with Gasteiger partial charge in [0.1, 0.15) is 0 Å². The van der Waals surface area contributed by atoms with Gasteiger partial charge in [-0.1, -0.05) is 11.6 Å². The van der Waals surface area contributed by atoms with E-state index in [1.165, 1.54) is 12.1 Å². The first-order valence-electron chi connectivity index (χ1n) is 5.51. The standard InChI is InChI=1S/C11H10BrCl2NO3S/c12-10-8(13)3-7(4-9(10)19(14,17)18)11(16)15-5-6-1-2-6/h3-4,6H,1-2,5H2,(H,15,16). The molecule has 4 nitrogen and oxygen atoms in total. The second kappa shape index (κ2) is 5.60. The Balaban J connectivity index is 2.30. The third kappa shape index (κ3) is 3.84. The van der Waals surface area contributed by atoms with Crippen LogP contribution in [-0.4, -0.2) is 20.9 Å². The summed E-state index contributed by atoms with van der Waals surface area (Å²) in [5, 5.41) is 2.86. The Labute approximate surface area is 129 Å². The topological polar surface area (TPSA) is 63.2 Å². The van der Waals surface area contributed by atoms with E-state index in [-0.39, 0.29) is 25.9 Å². The second-order valence-electron chi connectivity index (χ2n) is 4.36. The molecular formula is C11H10BrCl2NO3S. The van der Waals surface area contributed by atoms with Gasteiger partial charge in [-0.3, -0.25) is 4.79 Å². The zero-order chi connectivity index (χ0) is 14.2. The van der Waals surface area contributed by atoms with E-state index < -0.39 is 9.05 Å². The molecule has 0 aromatic heterocycles. The minimum Gasteiger partial charge on any atom is -0.352 e. The van der Waals surface area contributed by atoms with Crippen LogP contribution >= 0.6 is 38.2 Å². The van der Waals surface area contributed by atoms with Gasteiger partial charge in [0.05, 0.1) is 14.4 Å². The smallest absolute Gasteiger partial charge is 0.262 e. The fraction of sp³-hybridized carbons (Fsp3) is 0.364. The van der Waals surface area contributed by atoms with Crippen LogP contribution < -0.4 is 5.32 Å². The number of carbonyl (C=O) groups is 1. The molecule has 0 atom stereocenters. The number of rotatable bonds is 4. The highest BCUT2D eigenvalue weighted by molar-refractivity contribution is 9.10. The largest absolute Gasteiger partial charge is 0.352 e. The van der Waals surface area contributed by atoms with Crippen molar-refractivity contribution in [2.24, 2.45) is 5.92 Å². The van der Waals surface area contributed by atoms with Crippen molar-refractivity contribution in [3.8, 4) is 0 Å². The predicted molar refractivity (Wildman–Crippen MR) is 77.2 cm³/mol. The molecule has 19 heavy (non-hydrogen) atoms. The zero-order valence-corrected chi connectivity index (χ0v) is 13.5. The molecular weight excluding hydrogens is 377 g/mol. The van der Waals surface area contributed by atoms with Crippen LogP contribution in [0.2, 0.25) is 5.02 Å². The summed E-state index contributed by atoms with van der Waals surface area (Å²) in [5.74, 6) is 0.175. The summed E-state index contributed by atoms with van der Waals surface area (Å²) < 4.78 is 23.0. The maximum atomic E-state index is 11.9. The van der Waals surface area contributed by atoms with E-state index in [1.807, 2.05) is 0 Å². The van der Waals surface area contributed by atoms with Gasteiger partial charge in [0.2, 0.25) is 0 Å². The molecule has 1 aromatic rings. The highest BCUT2D eigenvalue weighted by Crippen LogP contribution is 2.33. The molecule has 0 spiro atoms. The van der Waals surface area contributed by atoms with Gasteiger partial charge in [-0.25, -0.2) is 8.42 Å². The fourth-order valence-corrected chi connectivity index (χ4v) is 3.91. The average molecular weight is 387 g/mol. The fourth-order valence-electron chi connectivity index (χ4n) is 1.53. The van der Waals surface area contributed by atoms with Crippen LogP contribution in [0.25, 0.3) is 0 Å². The van der Waals surface area contributed by atoms with Crippen LogP contribution in [0.3, 0.4) is 0 Å². The minimum absolute atomic E-state index is 0.123. The quantitative estimate of drug-likeness (QED) is 0.808. The van der Waals surface area contributed by atoms with Gasteiger partial charge in [-0.2, -0.15) is 0 Å². The Morgan fingerprint density at radius 2 is 2.05 bits per heavy atom. The van der Waals surface area contributed by atoms with Crippen LogP contribution in [0.1, 0.15) is 23.2 Å². The van der Waals surface area contributed by atoms with Crippen molar-refractivity contribution < 1.29 is 13.2 Å². The highest BCUT2D eigenvalue weighted by Gasteiger charge is 2.23. The summed E-state index contributed by atoms with van der Waals surface area (Å²) in [6, 6.07) is 2.61. The van der Waals surface area contributed by atoms with Crippen molar-refractivity contribution in [2.45, 2.75) is 17.7 Å². The zero-order valence-electron chi connectivity index (χ0n) is 9.62. The highest BCUT2D eigenvalue weighted by atomic mass is 79.9. The molecule has 1 fully saturated rings. The third-order valence-corrected chi connectivity index (χ3v) is 5.76.